The smallest absolute Gasteiger partial charge is 0.124 e. The van der Waals surface area contributed by atoms with Gasteiger partial charge in [0.05, 0.1) is 0 Å². The molecule has 0 saturated carbocycles. The highest BCUT2D eigenvalue weighted by molar-refractivity contribution is 5.98. The maximum absolute atomic E-state index is 9.26. The lowest BCUT2D eigenvalue weighted by atomic mass is 10.1. The molecule has 2 heteroatoms. The molecule has 0 fully saturated rings. The number of rotatable bonds is 1. The molecule has 0 aliphatic heterocycles. The Labute approximate surface area is 66.0 Å². The lowest BCUT2D eigenvalue weighted by Crippen LogP contribution is -1.92. The summed E-state index contributed by atoms with van der Waals surface area (Å²) in [6.45, 7) is 3.60. The monoisotopic (exact) mass is 149 g/mol. The number of benzene rings is 1. The van der Waals surface area contributed by atoms with Crippen LogP contribution in [0.3, 0.4) is 0 Å². The Hall–Kier alpha value is -1.31. The van der Waals surface area contributed by atoms with Crippen molar-refractivity contribution in [2.24, 2.45) is 0 Å². The first kappa shape index (κ1) is 7.79. The van der Waals surface area contributed by atoms with Crippen molar-refractivity contribution in [2.75, 3.05) is 0 Å². The van der Waals surface area contributed by atoms with Crippen LogP contribution in [0.2, 0.25) is 0 Å². The van der Waals surface area contributed by atoms with Gasteiger partial charge in [-0.1, -0.05) is 11.6 Å². The molecule has 0 amide bonds. The van der Waals surface area contributed by atoms with Gasteiger partial charge >= 0.3 is 0 Å². The molecule has 11 heavy (non-hydrogen) atoms. The molecule has 0 aliphatic rings. The van der Waals surface area contributed by atoms with Crippen LogP contribution in [-0.4, -0.2) is 10.8 Å². The molecule has 0 radical (unpaired) electrons. The normalized spacial score (nSPS) is 9.64. The number of hydrogen-bond acceptors (Lipinski definition) is 2. The standard InChI is InChI=1S/C9H11NO/c1-6-3-4-9(11)8(5-6)7(2)10/h3-5,10-11H,1-2H3. The van der Waals surface area contributed by atoms with Crippen molar-refractivity contribution in [1.82, 2.24) is 0 Å². The Bertz CT molecular complexity index is 292. The Morgan fingerprint density at radius 2 is 2.09 bits per heavy atom. The second-order valence-electron chi connectivity index (χ2n) is 2.65. The van der Waals surface area contributed by atoms with Gasteiger partial charge in [0.25, 0.3) is 0 Å². The third-order valence-corrected chi connectivity index (χ3v) is 1.56. The molecule has 0 aromatic heterocycles. The first-order valence-corrected chi connectivity index (χ1v) is 3.46. The fraction of sp³-hybridized carbons (Fsp3) is 0.222. The van der Waals surface area contributed by atoms with Crippen molar-refractivity contribution < 1.29 is 5.11 Å². The number of phenolic OH excluding ortho intramolecular Hbond substituents is 1. The van der Waals surface area contributed by atoms with Crippen LogP contribution in [-0.2, 0) is 0 Å². The Kier molecular flexibility index (Phi) is 1.94. The minimum Gasteiger partial charge on any atom is -0.507 e. The van der Waals surface area contributed by atoms with Crippen LogP contribution in [0, 0.1) is 12.3 Å². The summed E-state index contributed by atoms with van der Waals surface area (Å²) in [7, 11) is 0. The Balaban J connectivity index is 3.23. The van der Waals surface area contributed by atoms with Gasteiger partial charge in [0.1, 0.15) is 5.75 Å². The lowest BCUT2D eigenvalue weighted by molar-refractivity contribution is 0.474. The van der Waals surface area contributed by atoms with E-state index in [1.165, 1.54) is 0 Å². The van der Waals surface area contributed by atoms with Crippen LogP contribution in [0.15, 0.2) is 18.2 Å². The lowest BCUT2D eigenvalue weighted by Gasteiger charge is -2.02. The molecule has 58 valence electrons. The first-order valence-electron chi connectivity index (χ1n) is 3.46. The highest BCUT2D eigenvalue weighted by Gasteiger charge is 2.01. The molecule has 1 aromatic rings. The van der Waals surface area contributed by atoms with Gasteiger partial charge in [0.15, 0.2) is 0 Å². The molecule has 1 aromatic carbocycles. The van der Waals surface area contributed by atoms with Crippen LogP contribution < -0.4 is 0 Å². The largest absolute Gasteiger partial charge is 0.507 e. The summed E-state index contributed by atoms with van der Waals surface area (Å²) in [5.74, 6) is 0.183. The van der Waals surface area contributed by atoms with Gasteiger partial charge in [-0.25, -0.2) is 0 Å². The maximum Gasteiger partial charge on any atom is 0.124 e. The van der Waals surface area contributed by atoms with Gasteiger partial charge in [0, 0.05) is 11.3 Å². The van der Waals surface area contributed by atoms with E-state index in [0.29, 0.717) is 11.3 Å². The summed E-state index contributed by atoms with van der Waals surface area (Å²) in [4.78, 5) is 0. The Morgan fingerprint density at radius 3 is 2.55 bits per heavy atom. The van der Waals surface area contributed by atoms with Gasteiger partial charge in [0.2, 0.25) is 0 Å². The first-order chi connectivity index (χ1) is 5.11. The number of aryl methyl sites for hydroxylation is 1. The second kappa shape index (κ2) is 2.74. The fourth-order valence-electron chi connectivity index (χ4n) is 0.950. The molecule has 1 rings (SSSR count). The van der Waals surface area contributed by atoms with E-state index >= 15 is 0 Å². The van der Waals surface area contributed by atoms with Crippen molar-refractivity contribution in [1.29, 1.82) is 5.41 Å². The molecule has 0 unspecified atom stereocenters. The average molecular weight is 149 g/mol. The fourth-order valence-corrected chi connectivity index (χ4v) is 0.950. The second-order valence-corrected chi connectivity index (χ2v) is 2.65. The van der Waals surface area contributed by atoms with E-state index in [2.05, 4.69) is 0 Å². The van der Waals surface area contributed by atoms with Crippen LogP contribution in [0.25, 0.3) is 0 Å². The van der Waals surface area contributed by atoms with Gasteiger partial charge in [-0.05, 0) is 26.0 Å². The summed E-state index contributed by atoms with van der Waals surface area (Å²) in [5, 5.41) is 16.6. The zero-order valence-electron chi connectivity index (χ0n) is 6.68. The topological polar surface area (TPSA) is 44.1 Å². The summed E-state index contributed by atoms with van der Waals surface area (Å²) >= 11 is 0. The maximum atomic E-state index is 9.26. The van der Waals surface area contributed by atoms with Gasteiger partial charge in [-0.15, -0.1) is 0 Å². The van der Waals surface area contributed by atoms with E-state index in [4.69, 9.17) is 5.41 Å². The van der Waals surface area contributed by atoms with Gasteiger partial charge < -0.3 is 10.5 Å². The predicted molar refractivity (Wildman–Crippen MR) is 45.3 cm³/mol. The molecule has 0 heterocycles. The number of aromatic hydroxyl groups is 1. The summed E-state index contributed by atoms with van der Waals surface area (Å²) < 4.78 is 0. The Morgan fingerprint density at radius 1 is 1.45 bits per heavy atom. The van der Waals surface area contributed by atoms with Crippen LogP contribution >= 0.6 is 0 Å². The van der Waals surface area contributed by atoms with E-state index in [-0.39, 0.29) is 5.75 Å². The van der Waals surface area contributed by atoms with E-state index in [1.807, 2.05) is 13.0 Å². The minimum absolute atomic E-state index is 0.183. The molecule has 0 saturated heterocycles. The van der Waals surface area contributed by atoms with Crippen molar-refractivity contribution in [3.8, 4) is 5.75 Å². The highest BCUT2D eigenvalue weighted by Crippen LogP contribution is 2.17. The molecule has 2 N–H and O–H groups in total. The average Bonchev–Trinajstić information content (AvgIpc) is 1.94. The molecular weight excluding hydrogens is 138 g/mol. The van der Waals surface area contributed by atoms with Gasteiger partial charge in [-0.2, -0.15) is 0 Å². The molecule has 2 nitrogen and oxygen atoms in total. The number of phenols is 1. The predicted octanol–water partition coefficient (Wildman–Crippen LogP) is 2.09. The van der Waals surface area contributed by atoms with Crippen molar-refractivity contribution in [3.05, 3.63) is 29.3 Å². The third-order valence-electron chi connectivity index (χ3n) is 1.56. The van der Waals surface area contributed by atoms with Crippen LogP contribution in [0.1, 0.15) is 18.1 Å². The summed E-state index contributed by atoms with van der Waals surface area (Å²) in [5.41, 5.74) is 2.07. The van der Waals surface area contributed by atoms with E-state index in [0.717, 1.165) is 5.56 Å². The third kappa shape index (κ3) is 1.58. The zero-order valence-corrected chi connectivity index (χ0v) is 6.68. The summed E-state index contributed by atoms with van der Waals surface area (Å²) in [6.07, 6.45) is 0. The van der Waals surface area contributed by atoms with Crippen molar-refractivity contribution in [3.63, 3.8) is 0 Å². The van der Waals surface area contributed by atoms with E-state index in [1.54, 1.807) is 19.1 Å². The molecule has 0 spiro atoms. The highest BCUT2D eigenvalue weighted by atomic mass is 16.3. The van der Waals surface area contributed by atoms with E-state index in [9.17, 15) is 5.11 Å². The molecule has 0 atom stereocenters. The quantitative estimate of drug-likeness (QED) is 0.590. The number of nitrogens with one attached hydrogen (secondary N) is 1. The number of hydrogen-bond donors (Lipinski definition) is 2. The van der Waals surface area contributed by atoms with Crippen LogP contribution in [0.5, 0.6) is 5.75 Å². The minimum atomic E-state index is 0.183. The summed E-state index contributed by atoms with van der Waals surface area (Å²) in [6, 6.07) is 5.24. The van der Waals surface area contributed by atoms with Crippen molar-refractivity contribution >= 4 is 5.71 Å². The molecule has 0 bridgehead atoms. The zero-order chi connectivity index (χ0) is 8.43. The van der Waals surface area contributed by atoms with Gasteiger partial charge in [-0.3, -0.25) is 0 Å². The molecule has 0 aliphatic carbocycles. The molecular formula is C9H11NO. The SMILES string of the molecule is CC(=N)c1cc(C)ccc1O. The van der Waals surface area contributed by atoms with Crippen LogP contribution in [0.4, 0.5) is 0 Å². The van der Waals surface area contributed by atoms with Crippen molar-refractivity contribution in [2.45, 2.75) is 13.8 Å². The van der Waals surface area contributed by atoms with E-state index < -0.39 is 0 Å².